The van der Waals surface area contributed by atoms with E-state index in [9.17, 15) is 9.59 Å². The second-order valence-corrected chi connectivity index (χ2v) is 6.30. The largest absolute Gasteiger partial charge is 0.333 e. The van der Waals surface area contributed by atoms with Gasteiger partial charge in [0.15, 0.2) is 0 Å². The average Bonchev–Trinajstić information content (AvgIpc) is 3.10. The number of rotatable bonds is 5. The van der Waals surface area contributed by atoms with Crippen molar-refractivity contribution in [2.75, 3.05) is 5.32 Å². The minimum Gasteiger partial charge on any atom is -0.333 e. The zero-order valence-corrected chi connectivity index (χ0v) is 13.7. The van der Waals surface area contributed by atoms with Crippen molar-refractivity contribution in [1.82, 2.24) is 5.32 Å². The molecule has 1 aromatic heterocycles. The average molecular weight is 336 g/mol. The first-order chi connectivity index (χ1) is 11.7. The van der Waals surface area contributed by atoms with Crippen LogP contribution in [0.5, 0.6) is 0 Å². The molecule has 2 N–H and O–H groups in total. The van der Waals surface area contributed by atoms with E-state index < -0.39 is 0 Å². The summed E-state index contributed by atoms with van der Waals surface area (Å²) in [4.78, 5) is 25.8. The van der Waals surface area contributed by atoms with Gasteiger partial charge in [-0.05, 0) is 24.3 Å². The first-order valence-corrected chi connectivity index (χ1v) is 8.32. The number of urea groups is 1. The second kappa shape index (κ2) is 7.57. The van der Waals surface area contributed by atoms with Gasteiger partial charge in [-0.15, -0.1) is 11.3 Å². The molecule has 24 heavy (non-hydrogen) atoms. The van der Waals surface area contributed by atoms with E-state index in [0.29, 0.717) is 17.0 Å². The lowest BCUT2D eigenvalue weighted by molar-refractivity contribution is 0.104. The Kier molecular flexibility index (Phi) is 5.03. The van der Waals surface area contributed by atoms with Crippen molar-refractivity contribution in [3.63, 3.8) is 0 Å². The monoisotopic (exact) mass is 336 g/mol. The molecule has 2 aromatic carbocycles. The molecule has 0 saturated carbocycles. The van der Waals surface area contributed by atoms with Crippen molar-refractivity contribution in [2.24, 2.45) is 0 Å². The second-order valence-electron chi connectivity index (χ2n) is 5.13. The van der Waals surface area contributed by atoms with Gasteiger partial charge in [-0.2, -0.15) is 0 Å². The van der Waals surface area contributed by atoms with Crippen LogP contribution in [0.2, 0.25) is 0 Å². The molecule has 3 aromatic rings. The number of hydrogen-bond donors (Lipinski definition) is 2. The van der Waals surface area contributed by atoms with Gasteiger partial charge in [0.25, 0.3) is 0 Å². The lowest BCUT2D eigenvalue weighted by Gasteiger charge is -2.06. The van der Waals surface area contributed by atoms with E-state index >= 15 is 0 Å². The van der Waals surface area contributed by atoms with Gasteiger partial charge in [-0.3, -0.25) is 4.79 Å². The van der Waals surface area contributed by atoms with E-state index in [1.165, 1.54) is 11.3 Å². The van der Waals surface area contributed by atoms with E-state index in [1.807, 2.05) is 54.6 Å². The van der Waals surface area contributed by atoms with Crippen molar-refractivity contribution >= 4 is 28.8 Å². The Bertz CT molecular complexity index is 829. The molecule has 0 fully saturated rings. The van der Waals surface area contributed by atoms with E-state index in [0.717, 1.165) is 10.6 Å². The first-order valence-electron chi connectivity index (χ1n) is 7.51. The van der Waals surface area contributed by atoms with Crippen LogP contribution >= 0.6 is 11.3 Å². The quantitative estimate of drug-likeness (QED) is 0.683. The van der Waals surface area contributed by atoms with Gasteiger partial charge < -0.3 is 10.6 Å². The van der Waals surface area contributed by atoms with Crippen LogP contribution in [-0.2, 0) is 6.54 Å². The van der Waals surface area contributed by atoms with Crippen LogP contribution in [0.25, 0.3) is 0 Å². The number of nitrogens with one attached hydrogen (secondary N) is 2. The first kappa shape index (κ1) is 16.0. The minimum absolute atomic E-state index is 0.000544. The summed E-state index contributed by atoms with van der Waals surface area (Å²) in [6, 6.07) is 21.8. The molecule has 120 valence electrons. The van der Waals surface area contributed by atoms with E-state index in [2.05, 4.69) is 10.6 Å². The molecule has 2 amide bonds. The third-order valence-electron chi connectivity index (χ3n) is 3.38. The molecule has 4 nitrogen and oxygen atoms in total. The zero-order chi connectivity index (χ0) is 16.8. The number of carbonyl (C=O) groups excluding carboxylic acids is 2. The number of hydrogen-bond acceptors (Lipinski definition) is 3. The number of amides is 2. The van der Waals surface area contributed by atoms with Crippen molar-refractivity contribution in [3.8, 4) is 0 Å². The Morgan fingerprint density at radius 2 is 1.50 bits per heavy atom. The molecule has 0 aliphatic heterocycles. The summed E-state index contributed by atoms with van der Waals surface area (Å²) < 4.78 is 0. The van der Waals surface area contributed by atoms with Crippen LogP contribution < -0.4 is 10.6 Å². The Morgan fingerprint density at radius 1 is 0.833 bits per heavy atom. The van der Waals surface area contributed by atoms with Crippen LogP contribution in [-0.4, -0.2) is 11.8 Å². The Balaban J connectivity index is 1.56. The van der Waals surface area contributed by atoms with E-state index in [1.54, 1.807) is 18.2 Å². The predicted octanol–water partition coefficient (Wildman–Crippen LogP) is 4.30. The fourth-order valence-electron chi connectivity index (χ4n) is 2.19. The van der Waals surface area contributed by atoms with Crippen molar-refractivity contribution in [1.29, 1.82) is 0 Å². The van der Waals surface area contributed by atoms with E-state index in [4.69, 9.17) is 0 Å². The van der Waals surface area contributed by atoms with Gasteiger partial charge >= 0.3 is 6.03 Å². The normalized spacial score (nSPS) is 10.2. The highest BCUT2D eigenvalue weighted by Crippen LogP contribution is 2.20. The highest BCUT2D eigenvalue weighted by atomic mass is 32.1. The van der Waals surface area contributed by atoms with Crippen LogP contribution in [0.1, 0.15) is 20.1 Å². The molecule has 0 aliphatic carbocycles. The highest BCUT2D eigenvalue weighted by Gasteiger charge is 2.11. The molecule has 0 bridgehead atoms. The maximum Gasteiger partial charge on any atom is 0.319 e. The summed E-state index contributed by atoms with van der Waals surface area (Å²) in [5.74, 6) is 0.000544. The third-order valence-corrected chi connectivity index (χ3v) is 4.46. The molecule has 0 spiro atoms. The number of benzene rings is 2. The Labute approximate surface area is 144 Å². The standard InChI is InChI=1S/C19H16N2O2S/c22-18(14-7-3-1-4-8-14)17-12-11-16(24-17)13-20-19(23)21-15-9-5-2-6-10-15/h1-12H,13H2,(H2,20,21,23). The molecule has 0 saturated heterocycles. The van der Waals surface area contributed by atoms with Gasteiger partial charge in [0, 0.05) is 16.1 Å². The summed E-state index contributed by atoms with van der Waals surface area (Å²) in [5, 5.41) is 5.54. The Morgan fingerprint density at radius 3 is 2.21 bits per heavy atom. The third kappa shape index (κ3) is 4.08. The molecular weight excluding hydrogens is 320 g/mol. The van der Waals surface area contributed by atoms with Crippen LogP contribution in [0, 0.1) is 0 Å². The van der Waals surface area contributed by atoms with Crippen molar-refractivity contribution in [2.45, 2.75) is 6.54 Å². The fourth-order valence-corrected chi connectivity index (χ4v) is 3.10. The van der Waals surface area contributed by atoms with Gasteiger partial charge in [-0.1, -0.05) is 48.5 Å². The SMILES string of the molecule is O=C(NCc1ccc(C(=O)c2ccccc2)s1)Nc1ccccc1. The van der Waals surface area contributed by atoms with E-state index in [-0.39, 0.29) is 11.8 Å². The van der Waals surface area contributed by atoms with Gasteiger partial charge in [0.05, 0.1) is 11.4 Å². The fraction of sp³-hybridized carbons (Fsp3) is 0.0526. The van der Waals surface area contributed by atoms with Crippen LogP contribution in [0.3, 0.4) is 0 Å². The smallest absolute Gasteiger partial charge is 0.319 e. The number of anilines is 1. The molecule has 0 unspecified atom stereocenters. The summed E-state index contributed by atoms with van der Waals surface area (Å²) in [7, 11) is 0. The molecule has 1 heterocycles. The predicted molar refractivity (Wildman–Crippen MR) is 96.5 cm³/mol. The Hall–Kier alpha value is -2.92. The summed E-state index contributed by atoms with van der Waals surface area (Å²) >= 11 is 1.39. The maximum absolute atomic E-state index is 12.3. The summed E-state index contributed by atoms with van der Waals surface area (Å²) in [5.41, 5.74) is 1.40. The summed E-state index contributed by atoms with van der Waals surface area (Å²) in [6.07, 6.45) is 0. The topological polar surface area (TPSA) is 58.2 Å². The number of thiophene rings is 1. The summed E-state index contributed by atoms with van der Waals surface area (Å²) in [6.45, 7) is 0.380. The lowest BCUT2D eigenvalue weighted by Crippen LogP contribution is -2.27. The molecule has 0 atom stereocenters. The van der Waals surface area contributed by atoms with Crippen molar-refractivity contribution in [3.05, 3.63) is 88.1 Å². The van der Waals surface area contributed by atoms with Crippen LogP contribution in [0.4, 0.5) is 10.5 Å². The molecule has 0 aliphatic rings. The zero-order valence-electron chi connectivity index (χ0n) is 12.9. The highest BCUT2D eigenvalue weighted by molar-refractivity contribution is 7.14. The van der Waals surface area contributed by atoms with Crippen molar-refractivity contribution < 1.29 is 9.59 Å². The number of para-hydroxylation sites is 1. The molecule has 0 radical (unpaired) electrons. The number of carbonyl (C=O) groups is 2. The maximum atomic E-state index is 12.3. The molecular formula is C19H16N2O2S. The molecule has 5 heteroatoms. The lowest BCUT2D eigenvalue weighted by atomic mass is 10.1. The minimum atomic E-state index is -0.273. The number of ketones is 1. The van der Waals surface area contributed by atoms with Gasteiger partial charge in [0.1, 0.15) is 0 Å². The van der Waals surface area contributed by atoms with Crippen LogP contribution in [0.15, 0.2) is 72.8 Å². The van der Waals surface area contributed by atoms with Gasteiger partial charge in [-0.25, -0.2) is 4.79 Å². The van der Waals surface area contributed by atoms with Gasteiger partial charge in [0.2, 0.25) is 5.78 Å². The molecule has 3 rings (SSSR count).